The normalized spacial score (nSPS) is 28.5. The van der Waals surface area contributed by atoms with Crippen LogP contribution in [0.15, 0.2) is 12.2 Å². The molecule has 0 heterocycles. The number of aliphatic hydroxyl groups excluding tert-OH is 2. The lowest BCUT2D eigenvalue weighted by Crippen LogP contribution is -2.23. The van der Waals surface area contributed by atoms with E-state index in [2.05, 4.69) is 16.4 Å². The third kappa shape index (κ3) is 7.60. The molecule has 0 aromatic rings. The fourth-order valence-electron chi connectivity index (χ4n) is 3.63. The van der Waals surface area contributed by atoms with Crippen molar-refractivity contribution in [2.75, 3.05) is 0 Å². The first-order chi connectivity index (χ1) is 11.5. The molecule has 0 amide bonds. The topological polar surface area (TPSA) is 87.0 Å². The van der Waals surface area contributed by atoms with Gasteiger partial charge in [-0.25, -0.2) is 0 Å². The fourth-order valence-corrected chi connectivity index (χ4v) is 3.90. The van der Waals surface area contributed by atoms with Crippen molar-refractivity contribution < 1.29 is 24.6 Å². The summed E-state index contributed by atoms with van der Waals surface area (Å²) in [6.45, 7) is 2.13. The summed E-state index contributed by atoms with van der Waals surface area (Å²) >= 11 is 0. The molecule has 1 saturated carbocycles. The Hall–Kier alpha value is -0.480. The summed E-state index contributed by atoms with van der Waals surface area (Å²) in [6.07, 6.45) is 9.85. The Morgan fingerprint density at radius 3 is 2.58 bits per heavy atom. The highest BCUT2D eigenvalue weighted by Crippen LogP contribution is 2.38. The molecule has 3 N–H and O–H groups in total. The second kappa shape index (κ2) is 12.0. The highest BCUT2D eigenvalue weighted by molar-refractivity contribution is 7.09. The van der Waals surface area contributed by atoms with Crippen molar-refractivity contribution in [2.45, 2.75) is 83.0 Å². The second-order valence-corrected chi connectivity index (χ2v) is 7.09. The van der Waals surface area contributed by atoms with E-state index in [1.165, 1.54) is 0 Å². The van der Waals surface area contributed by atoms with Crippen molar-refractivity contribution in [2.24, 2.45) is 11.8 Å². The van der Waals surface area contributed by atoms with Crippen LogP contribution in [0.4, 0.5) is 0 Å². The summed E-state index contributed by atoms with van der Waals surface area (Å²) in [5.74, 6) is -0.596. The van der Waals surface area contributed by atoms with Crippen LogP contribution in [0.25, 0.3) is 0 Å². The summed E-state index contributed by atoms with van der Waals surface area (Å²) < 4.78 is 5.40. The van der Waals surface area contributed by atoms with Crippen molar-refractivity contribution in [3.8, 4) is 0 Å². The van der Waals surface area contributed by atoms with Crippen molar-refractivity contribution >= 4 is 15.4 Å². The van der Waals surface area contributed by atoms with E-state index >= 15 is 0 Å². The van der Waals surface area contributed by atoms with E-state index in [1.54, 1.807) is 0 Å². The first-order valence-corrected chi connectivity index (χ1v) is 9.55. The molecule has 1 rings (SSSR count). The molecule has 0 bridgehead atoms. The maximum atomic E-state index is 10.5. The number of aliphatic carboxylic acids is 1. The van der Waals surface area contributed by atoms with Crippen molar-refractivity contribution in [1.29, 1.82) is 0 Å². The number of carbonyl (C=O) groups is 1. The van der Waals surface area contributed by atoms with Crippen LogP contribution in [-0.2, 0) is 9.32 Å². The summed E-state index contributed by atoms with van der Waals surface area (Å²) in [5, 5.41) is 29.1. The Morgan fingerprint density at radius 2 is 1.96 bits per heavy atom. The number of allylic oxidation sites excluding steroid dienone is 2. The first kappa shape index (κ1) is 21.6. The number of aliphatic hydroxyl groups is 2. The molecule has 6 atom stereocenters. The molecule has 0 radical (unpaired) electrons. The molecule has 1 aliphatic rings. The molecule has 0 aromatic carbocycles. The standard InChI is InChI=1S/C18H33O5P/c1-2-7-13(23-24)10-11-15-14(16(19)12-17(15)20)8-5-3-4-6-9-18(21)22/h3,5,13-17,19-20H,2,4,6-12,24H2,1H3,(H,21,22)/b5-3-/t13-,14+,15+,16-,17+/m0/s1. The highest BCUT2D eigenvalue weighted by atomic mass is 31.0. The molecule has 5 nitrogen and oxygen atoms in total. The summed E-state index contributed by atoms with van der Waals surface area (Å²) in [6, 6.07) is 0. The number of carboxylic acids is 1. The lowest BCUT2D eigenvalue weighted by atomic mass is 9.86. The predicted molar refractivity (Wildman–Crippen MR) is 97.6 cm³/mol. The molecule has 24 heavy (non-hydrogen) atoms. The Bertz CT molecular complexity index is 388. The van der Waals surface area contributed by atoms with E-state index in [4.69, 9.17) is 9.63 Å². The third-order valence-corrected chi connectivity index (χ3v) is 5.37. The Labute approximate surface area is 147 Å². The highest BCUT2D eigenvalue weighted by Gasteiger charge is 2.40. The zero-order valence-corrected chi connectivity index (χ0v) is 15.8. The SMILES string of the molecule is CCC[C@@H](CC[C@@H]1[C@@H](C/C=C\CCCC(=O)O)[C@@H](O)C[C@H]1O)OP. The van der Waals surface area contributed by atoms with Crippen LogP contribution >= 0.6 is 9.47 Å². The summed E-state index contributed by atoms with van der Waals surface area (Å²) in [7, 11) is 2.33. The maximum Gasteiger partial charge on any atom is 0.303 e. The van der Waals surface area contributed by atoms with E-state index in [-0.39, 0.29) is 24.4 Å². The predicted octanol–water partition coefficient (Wildman–Crippen LogP) is 3.30. The zero-order valence-electron chi connectivity index (χ0n) is 14.6. The van der Waals surface area contributed by atoms with Crippen LogP contribution in [0.3, 0.4) is 0 Å². The van der Waals surface area contributed by atoms with Gasteiger partial charge in [0, 0.05) is 15.9 Å². The van der Waals surface area contributed by atoms with Crippen LogP contribution in [-0.4, -0.2) is 39.6 Å². The van der Waals surface area contributed by atoms with Crippen LogP contribution in [0.2, 0.25) is 0 Å². The quantitative estimate of drug-likeness (QED) is 0.282. The minimum absolute atomic E-state index is 0.0718. The van der Waals surface area contributed by atoms with Gasteiger partial charge in [-0.2, -0.15) is 0 Å². The van der Waals surface area contributed by atoms with Gasteiger partial charge in [-0.15, -0.1) is 0 Å². The molecule has 1 aliphatic carbocycles. The van der Waals surface area contributed by atoms with E-state index in [0.717, 1.165) is 38.5 Å². The van der Waals surface area contributed by atoms with Gasteiger partial charge in [0.25, 0.3) is 0 Å². The van der Waals surface area contributed by atoms with Crippen molar-refractivity contribution in [3.63, 3.8) is 0 Å². The van der Waals surface area contributed by atoms with Gasteiger partial charge < -0.3 is 19.8 Å². The van der Waals surface area contributed by atoms with Gasteiger partial charge in [0.1, 0.15) is 0 Å². The largest absolute Gasteiger partial charge is 0.481 e. The van der Waals surface area contributed by atoms with E-state index in [9.17, 15) is 15.0 Å². The van der Waals surface area contributed by atoms with Gasteiger partial charge >= 0.3 is 5.97 Å². The van der Waals surface area contributed by atoms with Gasteiger partial charge in [0.05, 0.1) is 18.3 Å². The van der Waals surface area contributed by atoms with Crippen LogP contribution in [0.5, 0.6) is 0 Å². The van der Waals surface area contributed by atoms with Gasteiger partial charge in [-0.3, -0.25) is 4.79 Å². The number of carboxylic acid groups (broad SMARTS) is 1. The van der Waals surface area contributed by atoms with Gasteiger partial charge in [-0.1, -0.05) is 25.5 Å². The lowest BCUT2D eigenvalue weighted by Gasteiger charge is -2.24. The Kier molecular flexibility index (Phi) is 10.8. The Balaban J connectivity index is 2.44. The molecule has 0 aromatic heterocycles. The average Bonchev–Trinajstić information content (AvgIpc) is 2.80. The van der Waals surface area contributed by atoms with Gasteiger partial charge in [0.2, 0.25) is 0 Å². The van der Waals surface area contributed by atoms with E-state index < -0.39 is 18.2 Å². The second-order valence-electron chi connectivity index (χ2n) is 6.82. The molecule has 1 unspecified atom stereocenters. The zero-order chi connectivity index (χ0) is 17.9. The molecular formula is C18H33O5P. The van der Waals surface area contributed by atoms with Crippen LogP contribution in [0, 0.1) is 11.8 Å². The number of hydrogen-bond acceptors (Lipinski definition) is 4. The number of unbranched alkanes of at least 4 members (excludes halogenated alkanes) is 1. The molecule has 6 heteroatoms. The van der Waals surface area contributed by atoms with Crippen LogP contribution in [0.1, 0.15) is 64.7 Å². The third-order valence-electron chi connectivity index (χ3n) is 4.98. The van der Waals surface area contributed by atoms with Crippen molar-refractivity contribution in [1.82, 2.24) is 0 Å². The van der Waals surface area contributed by atoms with Crippen LogP contribution < -0.4 is 0 Å². The van der Waals surface area contributed by atoms with Crippen molar-refractivity contribution in [3.05, 3.63) is 12.2 Å². The monoisotopic (exact) mass is 360 g/mol. The molecule has 1 fully saturated rings. The Morgan fingerprint density at radius 1 is 1.25 bits per heavy atom. The average molecular weight is 360 g/mol. The van der Waals surface area contributed by atoms with Gasteiger partial charge in [0.15, 0.2) is 0 Å². The molecule has 0 spiro atoms. The minimum atomic E-state index is -0.768. The molecular weight excluding hydrogens is 327 g/mol. The summed E-state index contributed by atoms with van der Waals surface area (Å²) in [5.41, 5.74) is 0. The van der Waals surface area contributed by atoms with E-state index in [1.807, 2.05) is 12.2 Å². The smallest absolute Gasteiger partial charge is 0.303 e. The maximum absolute atomic E-state index is 10.5. The first-order valence-electron chi connectivity index (χ1n) is 9.08. The number of hydrogen-bond donors (Lipinski definition) is 3. The van der Waals surface area contributed by atoms with Gasteiger partial charge in [-0.05, 0) is 56.8 Å². The van der Waals surface area contributed by atoms with E-state index in [0.29, 0.717) is 12.8 Å². The summed E-state index contributed by atoms with van der Waals surface area (Å²) in [4.78, 5) is 10.5. The molecule has 140 valence electrons. The minimum Gasteiger partial charge on any atom is -0.481 e. The number of rotatable bonds is 12. The molecule has 0 saturated heterocycles. The molecule has 0 aliphatic heterocycles. The lowest BCUT2D eigenvalue weighted by molar-refractivity contribution is -0.137. The fraction of sp³-hybridized carbons (Fsp3) is 0.833.